The normalized spacial score (nSPS) is 29.4. The van der Waals surface area contributed by atoms with Crippen molar-refractivity contribution in [1.29, 1.82) is 0 Å². The van der Waals surface area contributed by atoms with Gasteiger partial charge in [-0.05, 0) is 44.3 Å². The van der Waals surface area contributed by atoms with Crippen LogP contribution in [0.15, 0.2) is 0 Å². The van der Waals surface area contributed by atoms with Crippen LogP contribution in [0.1, 0.15) is 32.6 Å². The Balaban J connectivity index is 1.81. The van der Waals surface area contributed by atoms with E-state index in [9.17, 15) is 4.79 Å². The summed E-state index contributed by atoms with van der Waals surface area (Å²) in [4.78, 5) is 14.2. The standard InChI is InChI=1S/C12H20ClNOS/c1-9(13)10-4-6-14(7-5-10)12(15)11-3-2-8-16-11/h9-11H,2-8H2,1H3. The molecule has 0 aromatic carbocycles. The third-order valence-corrected chi connectivity index (χ3v) is 5.43. The van der Waals surface area contributed by atoms with Crippen LogP contribution in [0, 0.1) is 5.92 Å². The second kappa shape index (κ2) is 5.63. The summed E-state index contributed by atoms with van der Waals surface area (Å²) in [6, 6.07) is 0. The van der Waals surface area contributed by atoms with Crippen LogP contribution in [-0.4, -0.2) is 40.3 Å². The molecule has 2 aliphatic heterocycles. The fraction of sp³-hybridized carbons (Fsp3) is 0.917. The van der Waals surface area contributed by atoms with Gasteiger partial charge in [0.05, 0.1) is 5.25 Å². The van der Waals surface area contributed by atoms with Crippen LogP contribution in [0.25, 0.3) is 0 Å². The van der Waals surface area contributed by atoms with Gasteiger partial charge >= 0.3 is 0 Å². The molecule has 2 aliphatic rings. The van der Waals surface area contributed by atoms with Crippen molar-refractivity contribution >= 4 is 29.3 Å². The van der Waals surface area contributed by atoms with Crippen LogP contribution in [0.2, 0.25) is 0 Å². The van der Waals surface area contributed by atoms with E-state index in [0.29, 0.717) is 11.8 Å². The quantitative estimate of drug-likeness (QED) is 0.713. The first kappa shape index (κ1) is 12.6. The molecule has 0 spiro atoms. The van der Waals surface area contributed by atoms with E-state index in [1.807, 2.05) is 11.8 Å². The minimum atomic E-state index is 0.248. The Labute approximate surface area is 107 Å². The van der Waals surface area contributed by atoms with Crippen LogP contribution in [0.4, 0.5) is 0 Å². The first-order chi connectivity index (χ1) is 7.68. The average Bonchev–Trinajstić information content (AvgIpc) is 2.81. The van der Waals surface area contributed by atoms with Gasteiger partial charge in [0.2, 0.25) is 5.91 Å². The molecule has 4 heteroatoms. The van der Waals surface area contributed by atoms with Gasteiger partial charge in [-0.3, -0.25) is 4.79 Å². The number of carbonyl (C=O) groups excluding carboxylic acids is 1. The first-order valence-electron chi connectivity index (χ1n) is 6.23. The molecule has 0 aromatic rings. The Hall–Kier alpha value is 0.110. The molecule has 0 aromatic heterocycles. The van der Waals surface area contributed by atoms with Gasteiger partial charge in [-0.2, -0.15) is 0 Å². The van der Waals surface area contributed by atoms with Crippen LogP contribution < -0.4 is 0 Å². The number of likely N-dealkylation sites (tertiary alicyclic amines) is 1. The van der Waals surface area contributed by atoms with E-state index in [4.69, 9.17) is 11.6 Å². The first-order valence-corrected chi connectivity index (χ1v) is 7.71. The topological polar surface area (TPSA) is 20.3 Å². The van der Waals surface area contributed by atoms with Gasteiger partial charge in [0.1, 0.15) is 0 Å². The third-order valence-electron chi connectivity index (χ3n) is 3.71. The maximum Gasteiger partial charge on any atom is 0.235 e. The number of halogens is 1. The molecule has 2 unspecified atom stereocenters. The van der Waals surface area contributed by atoms with Gasteiger partial charge in [0.15, 0.2) is 0 Å². The summed E-state index contributed by atoms with van der Waals surface area (Å²) >= 11 is 7.94. The molecule has 2 saturated heterocycles. The summed E-state index contributed by atoms with van der Waals surface area (Å²) in [6.07, 6.45) is 4.44. The van der Waals surface area contributed by atoms with Crippen molar-refractivity contribution < 1.29 is 4.79 Å². The number of hydrogen-bond acceptors (Lipinski definition) is 2. The molecule has 2 atom stereocenters. The van der Waals surface area contributed by atoms with Crippen molar-refractivity contribution in [3.05, 3.63) is 0 Å². The highest BCUT2D eigenvalue weighted by molar-refractivity contribution is 8.00. The maximum absolute atomic E-state index is 12.1. The summed E-state index contributed by atoms with van der Waals surface area (Å²) < 4.78 is 0. The zero-order valence-corrected chi connectivity index (χ0v) is 11.4. The van der Waals surface area contributed by atoms with E-state index in [-0.39, 0.29) is 10.6 Å². The summed E-state index contributed by atoms with van der Waals surface area (Å²) in [6.45, 7) is 3.89. The fourth-order valence-corrected chi connectivity index (χ4v) is 4.05. The van der Waals surface area contributed by atoms with Crippen LogP contribution in [0.5, 0.6) is 0 Å². The highest BCUT2D eigenvalue weighted by Gasteiger charge is 2.31. The molecule has 16 heavy (non-hydrogen) atoms. The van der Waals surface area contributed by atoms with Crippen LogP contribution in [0.3, 0.4) is 0 Å². The van der Waals surface area contributed by atoms with E-state index in [1.54, 1.807) is 0 Å². The molecule has 0 bridgehead atoms. The number of piperidine rings is 1. The van der Waals surface area contributed by atoms with Gasteiger partial charge in [-0.25, -0.2) is 0 Å². The minimum Gasteiger partial charge on any atom is -0.342 e. The number of rotatable bonds is 2. The SMILES string of the molecule is CC(Cl)C1CCN(C(=O)C2CCCS2)CC1. The van der Waals surface area contributed by atoms with Gasteiger partial charge in [0.25, 0.3) is 0 Å². The molecule has 2 nitrogen and oxygen atoms in total. The summed E-state index contributed by atoms with van der Waals surface area (Å²) in [5, 5.41) is 0.503. The largest absolute Gasteiger partial charge is 0.342 e. The number of amides is 1. The number of alkyl halides is 1. The molecule has 2 rings (SSSR count). The highest BCUT2D eigenvalue weighted by Crippen LogP contribution is 2.30. The lowest BCUT2D eigenvalue weighted by atomic mass is 9.94. The smallest absolute Gasteiger partial charge is 0.235 e. The summed E-state index contributed by atoms with van der Waals surface area (Å²) in [5.41, 5.74) is 0. The predicted molar refractivity (Wildman–Crippen MR) is 70.1 cm³/mol. The van der Waals surface area contributed by atoms with Gasteiger partial charge < -0.3 is 4.90 Å². The Kier molecular flexibility index (Phi) is 4.42. The monoisotopic (exact) mass is 261 g/mol. The fourth-order valence-electron chi connectivity index (χ4n) is 2.56. The highest BCUT2D eigenvalue weighted by atomic mass is 35.5. The van der Waals surface area contributed by atoms with Crippen molar-refractivity contribution in [2.24, 2.45) is 5.92 Å². The molecular weight excluding hydrogens is 242 g/mol. The Morgan fingerprint density at radius 2 is 2.06 bits per heavy atom. The molecular formula is C12H20ClNOS. The van der Waals surface area contributed by atoms with Gasteiger partial charge in [-0.1, -0.05) is 0 Å². The molecule has 0 aliphatic carbocycles. The molecule has 1 amide bonds. The molecule has 2 fully saturated rings. The minimum absolute atomic E-state index is 0.248. The summed E-state index contributed by atoms with van der Waals surface area (Å²) in [5.74, 6) is 2.14. The van der Waals surface area contributed by atoms with Crippen molar-refractivity contribution in [2.45, 2.75) is 43.2 Å². The maximum atomic E-state index is 12.1. The molecule has 0 radical (unpaired) electrons. The zero-order chi connectivity index (χ0) is 11.5. The third kappa shape index (κ3) is 2.86. The lowest BCUT2D eigenvalue weighted by molar-refractivity contribution is -0.132. The van der Waals surface area contributed by atoms with E-state index >= 15 is 0 Å². The van der Waals surface area contributed by atoms with E-state index in [2.05, 4.69) is 11.8 Å². The number of thioether (sulfide) groups is 1. The Morgan fingerprint density at radius 3 is 2.56 bits per heavy atom. The van der Waals surface area contributed by atoms with Crippen molar-refractivity contribution in [3.63, 3.8) is 0 Å². The van der Waals surface area contributed by atoms with Gasteiger partial charge in [0, 0.05) is 18.5 Å². The second-order valence-electron chi connectivity index (χ2n) is 4.84. The Bertz CT molecular complexity index is 245. The predicted octanol–water partition coefficient (Wildman–Crippen LogP) is 2.75. The zero-order valence-electron chi connectivity index (χ0n) is 9.82. The summed E-state index contributed by atoms with van der Waals surface area (Å²) in [7, 11) is 0. The van der Waals surface area contributed by atoms with Crippen molar-refractivity contribution in [2.75, 3.05) is 18.8 Å². The van der Waals surface area contributed by atoms with E-state index < -0.39 is 0 Å². The molecule has 2 heterocycles. The molecule has 92 valence electrons. The van der Waals surface area contributed by atoms with Crippen LogP contribution >= 0.6 is 23.4 Å². The van der Waals surface area contributed by atoms with E-state index in [0.717, 1.165) is 38.1 Å². The lowest BCUT2D eigenvalue weighted by Gasteiger charge is -2.34. The molecule has 0 N–H and O–H groups in total. The number of nitrogens with zero attached hydrogens (tertiary/aromatic N) is 1. The van der Waals surface area contributed by atoms with Gasteiger partial charge in [-0.15, -0.1) is 23.4 Å². The van der Waals surface area contributed by atoms with Crippen LogP contribution in [-0.2, 0) is 4.79 Å². The van der Waals surface area contributed by atoms with Crippen molar-refractivity contribution in [3.8, 4) is 0 Å². The number of carbonyl (C=O) groups is 1. The average molecular weight is 262 g/mol. The second-order valence-corrected chi connectivity index (χ2v) is 6.84. The number of hydrogen-bond donors (Lipinski definition) is 0. The lowest BCUT2D eigenvalue weighted by Crippen LogP contribution is -2.43. The van der Waals surface area contributed by atoms with E-state index in [1.165, 1.54) is 6.42 Å². The Morgan fingerprint density at radius 1 is 1.38 bits per heavy atom. The van der Waals surface area contributed by atoms with Crippen molar-refractivity contribution in [1.82, 2.24) is 4.90 Å². The molecule has 0 saturated carbocycles.